The lowest BCUT2D eigenvalue weighted by atomic mass is 10.1. The van der Waals surface area contributed by atoms with Gasteiger partial charge in [-0.3, -0.25) is 0 Å². The lowest BCUT2D eigenvalue weighted by Gasteiger charge is -2.05. The predicted molar refractivity (Wildman–Crippen MR) is 88.7 cm³/mol. The van der Waals surface area contributed by atoms with Crippen molar-refractivity contribution in [2.75, 3.05) is 6.61 Å². The van der Waals surface area contributed by atoms with Crippen LogP contribution in [0, 0.1) is 0 Å². The molecule has 0 heterocycles. The third-order valence-corrected chi connectivity index (χ3v) is 3.83. The topological polar surface area (TPSA) is 26.3 Å². The van der Waals surface area contributed by atoms with Crippen LogP contribution >= 0.6 is 0 Å². The highest BCUT2D eigenvalue weighted by Gasteiger charge is 2.06. The highest BCUT2D eigenvalue weighted by molar-refractivity contribution is 5.89. The summed E-state index contributed by atoms with van der Waals surface area (Å²) in [7, 11) is 0. The standard InChI is InChI=1S/C19H30O2/c1-3-5-6-7-8-9-10-11-16-21-19(20)18-14-12-17(4-2)13-15-18/h12-15H,3-11,16H2,1-2H3. The molecule has 1 rings (SSSR count). The van der Waals surface area contributed by atoms with Crippen LogP contribution in [0.3, 0.4) is 0 Å². The van der Waals surface area contributed by atoms with Crippen molar-refractivity contribution in [2.24, 2.45) is 0 Å². The zero-order valence-electron chi connectivity index (χ0n) is 13.7. The summed E-state index contributed by atoms with van der Waals surface area (Å²) in [6.07, 6.45) is 11.1. The molecule has 0 N–H and O–H groups in total. The summed E-state index contributed by atoms with van der Waals surface area (Å²) in [5.74, 6) is -0.194. The number of aryl methyl sites for hydroxylation is 1. The summed E-state index contributed by atoms with van der Waals surface area (Å²) >= 11 is 0. The van der Waals surface area contributed by atoms with Gasteiger partial charge in [-0.05, 0) is 30.5 Å². The Labute approximate surface area is 129 Å². The lowest BCUT2D eigenvalue weighted by molar-refractivity contribution is 0.0497. The maximum atomic E-state index is 11.8. The number of benzene rings is 1. The van der Waals surface area contributed by atoms with Gasteiger partial charge in [-0.1, -0.05) is 70.9 Å². The molecule has 0 saturated carbocycles. The summed E-state index contributed by atoms with van der Waals surface area (Å²) in [5.41, 5.74) is 1.90. The number of carbonyl (C=O) groups excluding carboxylic acids is 1. The fraction of sp³-hybridized carbons (Fsp3) is 0.632. The highest BCUT2D eigenvalue weighted by atomic mass is 16.5. The smallest absolute Gasteiger partial charge is 0.338 e. The molecule has 0 aromatic heterocycles. The Morgan fingerprint density at radius 1 is 0.857 bits per heavy atom. The summed E-state index contributed by atoms with van der Waals surface area (Å²) in [6, 6.07) is 7.70. The Kier molecular flexibility index (Phi) is 9.60. The van der Waals surface area contributed by atoms with E-state index in [1.807, 2.05) is 24.3 Å². The third-order valence-electron chi connectivity index (χ3n) is 3.83. The second-order valence-electron chi connectivity index (χ2n) is 5.66. The molecular formula is C19H30O2. The van der Waals surface area contributed by atoms with Crippen molar-refractivity contribution in [3.05, 3.63) is 35.4 Å². The van der Waals surface area contributed by atoms with Crippen LogP contribution in [-0.4, -0.2) is 12.6 Å². The Bertz CT molecular complexity index is 381. The van der Waals surface area contributed by atoms with Gasteiger partial charge in [0.1, 0.15) is 0 Å². The molecule has 0 fully saturated rings. The largest absolute Gasteiger partial charge is 0.462 e. The number of esters is 1. The Morgan fingerprint density at radius 3 is 2.00 bits per heavy atom. The zero-order valence-corrected chi connectivity index (χ0v) is 13.7. The van der Waals surface area contributed by atoms with Crippen molar-refractivity contribution in [1.29, 1.82) is 0 Å². The van der Waals surface area contributed by atoms with Crippen molar-refractivity contribution in [3.63, 3.8) is 0 Å². The average molecular weight is 290 g/mol. The van der Waals surface area contributed by atoms with Gasteiger partial charge in [-0.25, -0.2) is 4.79 Å². The van der Waals surface area contributed by atoms with Gasteiger partial charge in [-0.15, -0.1) is 0 Å². The highest BCUT2D eigenvalue weighted by Crippen LogP contribution is 2.10. The minimum absolute atomic E-state index is 0.194. The van der Waals surface area contributed by atoms with Gasteiger partial charge in [0, 0.05) is 0 Å². The number of hydrogen-bond acceptors (Lipinski definition) is 2. The first-order valence-corrected chi connectivity index (χ1v) is 8.54. The quantitative estimate of drug-likeness (QED) is 0.394. The number of unbranched alkanes of at least 4 members (excludes halogenated alkanes) is 7. The Hall–Kier alpha value is -1.31. The van der Waals surface area contributed by atoms with Gasteiger partial charge >= 0.3 is 5.97 Å². The van der Waals surface area contributed by atoms with E-state index in [0.717, 1.165) is 19.3 Å². The Balaban J connectivity index is 2.05. The van der Waals surface area contributed by atoms with Crippen LogP contribution in [0.25, 0.3) is 0 Å². The Morgan fingerprint density at radius 2 is 1.43 bits per heavy atom. The van der Waals surface area contributed by atoms with Crippen LogP contribution in [-0.2, 0) is 11.2 Å². The zero-order chi connectivity index (χ0) is 15.3. The van der Waals surface area contributed by atoms with Crippen molar-refractivity contribution in [3.8, 4) is 0 Å². The van der Waals surface area contributed by atoms with E-state index in [2.05, 4.69) is 13.8 Å². The van der Waals surface area contributed by atoms with Gasteiger partial charge in [0.25, 0.3) is 0 Å². The molecule has 118 valence electrons. The predicted octanol–water partition coefficient (Wildman–Crippen LogP) is 5.55. The first kappa shape index (κ1) is 17.7. The maximum absolute atomic E-state index is 11.8. The van der Waals surface area contributed by atoms with E-state index < -0.39 is 0 Å². The molecule has 21 heavy (non-hydrogen) atoms. The minimum atomic E-state index is -0.194. The summed E-state index contributed by atoms with van der Waals surface area (Å²) in [4.78, 5) is 11.8. The van der Waals surface area contributed by atoms with Gasteiger partial charge in [0.2, 0.25) is 0 Å². The molecule has 0 aliphatic carbocycles. The monoisotopic (exact) mass is 290 g/mol. The molecule has 0 unspecified atom stereocenters. The van der Waals surface area contributed by atoms with Crippen LogP contribution in [0.5, 0.6) is 0 Å². The van der Waals surface area contributed by atoms with Gasteiger partial charge in [0.15, 0.2) is 0 Å². The van der Waals surface area contributed by atoms with E-state index in [1.165, 1.54) is 44.1 Å². The van der Waals surface area contributed by atoms with Crippen molar-refractivity contribution in [2.45, 2.75) is 71.6 Å². The molecule has 0 radical (unpaired) electrons. The van der Waals surface area contributed by atoms with E-state index in [9.17, 15) is 4.79 Å². The van der Waals surface area contributed by atoms with Crippen LogP contribution < -0.4 is 0 Å². The maximum Gasteiger partial charge on any atom is 0.338 e. The molecule has 0 spiro atoms. The lowest BCUT2D eigenvalue weighted by Crippen LogP contribution is -2.06. The number of ether oxygens (including phenoxy) is 1. The molecular weight excluding hydrogens is 260 g/mol. The summed E-state index contributed by atoms with van der Waals surface area (Å²) < 4.78 is 5.31. The van der Waals surface area contributed by atoms with Gasteiger partial charge in [-0.2, -0.15) is 0 Å². The van der Waals surface area contributed by atoms with E-state index in [1.54, 1.807) is 0 Å². The molecule has 0 aliphatic rings. The minimum Gasteiger partial charge on any atom is -0.462 e. The fourth-order valence-corrected chi connectivity index (χ4v) is 2.36. The molecule has 0 aliphatic heterocycles. The summed E-state index contributed by atoms with van der Waals surface area (Å²) in [6.45, 7) is 4.89. The number of hydrogen-bond donors (Lipinski definition) is 0. The normalized spacial score (nSPS) is 10.6. The second-order valence-corrected chi connectivity index (χ2v) is 5.66. The molecule has 0 atom stereocenters. The molecule has 2 nitrogen and oxygen atoms in total. The van der Waals surface area contributed by atoms with Crippen molar-refractivity contribution >= 4 is 5.97 Å². The first-order chi connectivity index (χ1) is 10.3. The van der Waals surface area contributed by atoms with Gasteiger partial charge < -0.3 is 4.74 Å². The number of carbonyl (C=O) groups is 1. The summed E-state index contributed by atoms with van der Waals surface area (Å²) in [5, 5.41) is 0. The van der Waals surface area contributed by atoms with Crippen molar-refractivity contribution < 1.29 is 9.53 Å². The van der Waals surface area contributed by atoms with Crippen LogP contribution in [0.15, 0.2) is 24.3 Å². The SMILES string of the molecule is CCCCCCCCCCOC(=O)c1ccc(CC)cc1. The fourth-order valence-electron chi connectivity index (χ4n) is 2.36. The van der Waals surface area contributed by atoms with Crippen LogP contribution in [0.2, 0.25) is 0 Å². The van der Waals surface area contributed by atoms with Crippen molar-refractivity contribution in [1.82, 2.24) is 0 Å². The van der Waals surface area contributed by atoms with E-state index in [4.69, 9.17) is 4.74 Å². The molecule has 0 amide bonds. The van der Waals surface area contributed by atoms with Crippen LogP contribution in [0.1, 0.15) is 81.1 Å². The van der Waals surface area contributed by atoms with Crippen LogP contribution in [0.4, 0.5) is 0 Å². The van der Waals surface area contributed by atoms with E-state index in [0.29, 0.717) is 12.2 Å². The molecule has 1 aromatic carbocycles. The first-order valence-electron chi connectivity index (χ1n) is 8.54. The van der Waals surface area contributed by atoms with Gasteiger partial charge in [0.05, 0.1) is 12.2 Å². The van der Waals surface area contributed by atoms with E-state index >= 15 is 0 Å². The second kappa shape index (κ2) is 11.4. The average Bonchev–Trinajstić information content (AvgIpc) is 2.53. The molecule has 0 saturated heterocycles. The molecule has 0 bridgehead atoms. The number of rotatable bonds is 11. The molecule has 2 heteroatoms. The molecule has 1 aromatic rings. The third kappa shape index (κ3) is 7.89. The van der Waals surface area contributed by atoms with E-state index in [-0.39, 0.29) is 5.97 Å².